The molecule has 0 fully saturated rings. The number of rotatable bonds is 6. The van der Waals surface area contributed by atoms with Crippen molar-refractivity contribution in [3.05, 3.63) is 46.4 Å². The highest BCUT2D eigenvalue weighted by atomic mass is 32.2. The van der Waals surface area contributed by atoms with Crippen LogP contribution in [-0.2, 0) is 4.79 Å². The number of benzene rings is 1. The second-order valence-corrected chi connectivity index (χ2v) is 7.54. The van der Waals surface area contributed by atoms with E-state index in [1.807, 2.05) is 18.2 Å². The van der Waals surface area contributed by atoms with Crippen LogP contribution < -0.4 is 20.3 Å². The molecule has 3 rings (SSSR count). The summed E-state index contributed by atoms with van der Waals surface area (Å²) in [5, 5.41) is 3.49. The minimum atomic E-state index is -0.236. The van der Waals surface area contributed by atoms with Gasteiger partial charge in [0.05, 0.1) is 25.0 Å². The van der Waals surface area contributed by atoms with Crippen molar-refractivity contribution in [2.45, 2.75) is 31.5 Å². The Morgan fingerprint density at radius 1 is 1.26 bits per heavy atom. The standard InChI is InChI=1S/C19H23N3O4S/c1-12(2)18(13-4-5-14-15(10-13)26-9-3-8-25-14)21-17(24)11-27-19-20-7-6-16(23)22-19/h4-7,10,12,18H,3,8-9,11H2,1-2H3,(H,21,24)(H,20,22,23)/t18-/m0/s1. The summed E-state index contributed by atoms with van der Waals surface area (Å²) >= 11 is 1.19. The first kappa shape index (κ1) is 19.3. The molecule has 1 aromatic heterocycles. The summed E-state index contributed by atoms with van der Waals surface area (Å²) in [5.41, 5.74) is 0.735. The van der Waals surface area contributed by atoms with Gasteiger partial charge in [0, 0.05) is 18.7 Å². The molecule has 1 atom stereocenters. The number of carbonyl (C=O) groups excluding carboxylic acids is 1. The van der Waals surface area contributed by atoms with Crippen LogP contribution in [0.25, 0.3) is 0 Å². The van der Waals surface area contributed by atoms with Crippen LogP contribution in [0.4, 0.5) is 0 Å². The molecular formula is C19H23N3O4S. The number of H-pyrrole nitrogens is 1. The van der Waals surface area contributed by atoms with Gasteiger partial charge in [-0.1, -0.05) is 31.7 Å². The Bertz CT molecular complexity index is 853. The van der Waals surface area contributed by atoms with Crippen LogP contribution >= 0.6 is 11.8 Å². The summed E-state index contributed by atoms with van der Waals surface area (Å²) in [5.74, 6) is 1.68. The molecule has 0 spiro atoms. The predicted octanol–water partition coefficient (Wildman–Crippen LogP) is 2.54. The fourth-order valence-electron chi connectivity index (χ4n) is 2.78. The highest BCUT2D eigenvalue weighted by Crippen LogP contribution is 2.34. The lowest BCUT2D eigenvalue weighted by Crippen LogP contribution is -2.33. The molecule has 1 amide bonds. The molecule has 0 saturated heterocycles. The number of carbonyl (C=O) groups is 1. The average Bonchev–Trinajstić information content (AvgIpc) is 2.89. The lowest BCUT2D eigenvalue weighted by molar-refractivity contribution is -0.119. The number of amides is 1. The SMILES string of the molecule is CC(C)[C@H](NC(=O)CSc1nccc(=O)[nH]1)c1ccc2c(c1)OCCCO2. The highest BCUT2D eigenvalue weighted by molar-refractivity contribution is 7.99. The summed E-state index contributed by atoms with van der Waals surface area (Å²) < 4.78 is 11.4. The zero-order chi connectivity index (χ0) is 19.2. The van der Waals surface area contributed by atoms with Crippen LogP contribution in [0.2, 0.25) is 0 Å². The Balaban J connectivity index is 1.67. The number of fused-ring (bicyclic) bond motifs is 1. The summed E-state index contributed by atoms with van der Waals surface area (Å²) in [6.45, 7) is 5.37. The van der Waals surface area contributed by atoms with E-state index in [9.17, 15) is 9.59 Å². The zero-order valence-corrected chi connectivity index (χ0v) is 16.2. The van der Waals surface area contributed by atoms with Gasteiger partial charge in [-0.05, 0) is 23.6 Å². The van der Waals surface area contributed by atoms with E-state index < -0.39 is 0 Å². The number of nitrogens with zero attached hydrogens (tertiary/aromatic N) is 1. The summed E-state index contributed by atoms with van der Waals surface area (Å²) in [6, 6.07) is 6.98. The maximum atomic E-state index is 12.4. The molecule has 2 N–H and O–H groups in total. The van der Waals surface area contributed by atoms with Crippen LogP contribution in [0.3, 0.4) is 0 Å². The van der Waals surface area contributed by atoms with Crippen molar-refractivity contribution in [1.29, 1.82) is 0 Å². The van der Waals surface area contributed by atoms with Crippen molar-refractivity contribution in [2.24, 2.45) is 5.92 Å². The highest BCUT2D eigenvalue weighted by Gasteiger charge is 2.21. The number of aromatic amines is 1. The predicted molar refractivity (Wildman–Crippen MR) is 103 cm³/mol. The molecular weight excluding hydrogens is 366 g/mol. The Hall–Kier alpha value is -2.48. The minimum absolute atomic E-state index is 0.127. The molecule has 27 heavy (non-hydrogen) atoms. The number of thioether (sulfide) groups is 1. The van der Waals surface area contributed by atoms with Gasteiger partial charge in [-0.15, -0.1) is 0 Å². The Morgan fingerprint density at radius 3 is 2.78 bits per heavy atom. The molecule has 0 bridgehead atoms. The molecule has 0 aliphatic carbocycles. The van der Waals surface area contributed by atoms with Crippen LogP contribution in [0, 0.1) is 5.92 Å². The van der Waals surface area contributed by atoms with Crippen molar-refractivity contribution in [3.8, 4) is 11.5 Å². The number of ether oxygens (including phenoxy) is 2. The van der Waals surface area contributed by atoms with Crippen molar-refractivity contribution >= 4 is 17.7 Å². The van der Waals surface area contributed by atoms with E-state index in [4.69, 9.17) is 9.47 Å². The first-order valence-corrected chi connectivity index (χ1v) is 9.88. The molecule has 2 aromatic rings. The average molecular weight is 389 g/mol. The summed E-state index contributed by atoms with van der Waals surface area (Å²) in [7, 11) is 0. The molecule has 1 aliphatic heterocycles. The number of hydrogen-bond acceptors (Lipinski definition) is 6. The number of hydrogen-bond donors (Lipinski definition) is 2. The van der Waals surface area contributed by atoms with Gasteiger partial charge in [0.1, 0.15) is 0 Å². The van der Waals surface area contributed by atoms with E-state index in [0.717, 1.165) is 17.7 Å². The third-order valence-electron chi connectivity index (χ3n) is 4.10. The first-order chi connectivity index (χ1) is 13.0. The van der Waals surface area contributed by atoms with E-state index in [1.165, 1.54) is 24.0 Å². The van der Waals surface area contributed by atoms with Crippen LogP contribution in [0.15, 0.2) is 40.4 Å². The lowest BCUT2D eigenvalue weighted by Gasteiger charge is -2.23. The van der Waals surface area contributed by atoms with Gasteiger partial charge in [-0.25, -0.2) is 4.98 Å². The quantitative estimate of drug-likeness (QED) is 0.583. The summed E-state index contributed by atoms with van der Waals surface area (Å²) in [6.07, 6.45) is 2.27. The van der Waals surface area contributed by atoms with Gasteiger partial charge in [-0.3, -0.25) is 9.59 Å². The molecule has 144 valence electrons. The fraction of sp³-hybridized carbons (Fsp3) is 0.421. The molecule has 2 heterocycles. The van der Waals surface area contributed by atoms with E-state index in [0.29, 0.717) is 24.1 Å². The second-order valence-electron chi connectivity index (χ2n) is 6.57. The zero-order valence-electron chi connectivity index (χ0n) is 15.4. The van der Waals surface area contributed by atoms with Gasteiger partial charge in [0.15, 0.2) is 16.7 Å². The fourth-order valence-corrected chi connectivity index (χ4v) is 3.44. The molecule has 1 aliphatic rings. The molecule has 0 radical (unpaired) electrons. The van der Waals surface area contributed by atoms with E-state index in [-0.39, 0.29) is 29.2 Å². The van der Waals surface area contributed by atoms with Gasteiger partial charge >= 0.3 is 0 Å². The smallest absolute Gasteiger partial charge is 0.251 e. The van der Waals surface area contributed by atoms with Crippen molar-refractivity contribution in [2.75, 3.05) is 19.0 Å². The Morgan fingerprint density at radius 2 is 2.04 bits per heavy atom. The van der Waals surface area contributed by atoms with Gasteiger partial charge < -0.3 is 19.8 Å². The Labute approximate surface area is 161 Å². The molecule has 1 aromatic carbocycles. The Kier molecular flexibility index (Phi) is 6.39. The van der Waals surface area contributed by atoms with Crippen LogP contribution in [-0.4, -0.2) is 34.8 Å². The largest absolute Gasteiger partial charge is 0.490 e. The molecule has 0 unspecified atom stereocenters. The normalized spacial score (nSPS) is 14.5. The maximum absolute atomic E-state index is 12.4. The number of nitrogens with one attached hydrogen (secondary N) is 2. The van der Waals surface area contributed by atoms with Crippen molar-refractivity contribution in [3.63, 3.8) is 0 Å². The third-order valence-corrected chi connectivity index (χ3v) is 4.99. The first-order valence-electron chi connectivity index (χ1n) is 8.90. The van der Waals surface area contributed by atoms with Gasteiger partial charge in [0.2, 0.25) is 5.91 Å². The monoisotopic (exact) mass is 389 g/mol. The number of aromatic nitrogens is 2. The van der Waals surface area contributed by atoms with E-state index >= 15 is 0 Å². The maximum Gasteiger partial charge on any atom is 0.251 e. The lowest BCUT2D eigenvalue weighted by atomic mass is 9.95. The second kappa shape index (κ2) is 8.94. The van der Waals surface area contributed by atoms with Crippen LogP contribution in [0.1, 0.15) is 31.9 Å². The van der Waals surface area contributed by atoms with Gasteiger partial charge in [-0.2, -0.15) is 0 Å². The van der Waals surface area contributed by atoms with E-state index in [2.05, 4.69) is 29.1 Å². The van der Waals surface area contributed by atoms with E-state index in [1.54, 1.807) is 0 Å². The molecule has 7 nitrogen and oxygen atoms in total. The van der Waals surface area contributed by atoms with Crippen molar-refractivity contribution in [1.82, 2.24) is 15.3 Å². The molecule has 8 heteroatoms. The van der Waals surface area contributed by atoms with Crippen LogP contribution in [0.5, 0.6) is 11.5 Å². The molecule has 0 saturated carbocycles. The third kappa shape index (κ3) is 5.26. The topological polar surface area (TPSA) is 93.3 Å². The van der Waals surface area contributed by atoms with Gasteiger partial charge in [0.25, 0.3) is 5.56 Å². The summed E-state index contributed by atoms with van der Waals surface area (Å²) in [4.78, 5) is 30.4. The minimum Gasteiger partial charge on any atom is -0.490 e. The van der Waals surface area contributed by atoms with Crippen molar-refractivity contribution < 1.29 is 14.3 Å².